The first-order valence-electron chi connectivity index (χ1n) is 9.34. The van der Waals surface area contributed by atoms with E-state index in [1.54, 1.807) is 18.2 Å². The van der Waals surface area contributed by atoms with Crippen LogP contribution in [0.4, 0.5) is 5.69 Å². The molecule has 2 aromatic rings. The van der Waals surface area contributed by atoms with Crippen LogP contribution in [0.15, 0.2) is 60.7 Å². The topological polar surface area (TPSA) is 66.8 Å². The normalized spacial score (nSPS) is 10.1. The van der Waals surface area contributed by atoms with Gasteiger partial charge in [-0.2, -0.15) is 0 Å². The van der Waals surface area contributed by atoms with Crippen LogP contribution in [0.2, 0.25) is 0 Å². The second-order valence-corrected chi connectivity index (χ2v) is 6.37. The van der Waals surface area contributed by atoms with Gasteiger partial charge in [-0.1, -0.05) is 50.1 Å². The number of ether oxygens (including phenoxy) is 1. The molecule has 0 radical (unpaired) electrons. The van der Waals surface area contributed by atoms with Crippen LogP contribution < -0.4 is 4.90 Å². The Morgan fingerprint density at radius 2 is 1.64 bits per heavy atom. The fourth-order valence-corrected chi connectivity index (χ4v) is 2.23. The Morgan fingerprint density at radius 1 is 1.00 bits per heavy atom. The SMILES string of the molecule is CCCCCOC(=O)c1ccc(N(C)C)cc1.O=C(O)/C=C/c1ccccc1. The van der Waals surface area contributed by atoms with Crippen LogP contribution >= 0.6 is 0 Å². The van der Waals surface area contributed by atoms with Crippen LogP contribution in [0.25, 0.3) is 6.08 Å². The van der Waals surface area contributed by atoms with Crippen molar-refractivity contribution in [2.45, 2.75) is 26.2 Å². The van der Waals surface area contributed by atoms with E-state index in [1.165, 1.54) is 0 Å². The summed E-state index contributed by atoms with van der Waals surface area (Å²) in [6.07, 6.45) is 5.86. The highest BCUT2D eigenvalue weighted by molar-refractivity contribution is 5.89. The first-order chi connectivity index (χ1) is 13.4. The number of carbonyl (C=O) groups is 2. The predicted octanol–water partition coefficient (Wildman–Crippen LogP) is 4.88. The maximum atomic E-state index is 11.7. The zero-order chi connectivity index (χ0) is 20.8. The lowest BCUT2D eigenvalue weighted by Gasteiger charge is -2.12. The summed E-state index contributed by atoms with van der Waals surface area (Å²) in [5, 5.41) is 8.29. The summed E-state index contributed by atoms with van der Waals surface area (Å²) < 4.78 is 5.18. The minimum Gasteiger partial charge on any atom is -0.478 e. The molecule has 0 aromatic heterocycles. The summed E-state index contributed by atoms with van der Waals surface area (Å²) in [5.41, 5.74) is 2.59. The van der Waals surface area contributed by atoms with E-state index >= 15 is 0 Å². The summed E-state index contributed by atoms with van der Waals surface area (Å²) in [6, 6.07) is 16.8. The third kappa shape index (κ3) is 9.57. The summed E-state index contributed by atoms with van der Waals surface area (Å²) in [5.74, 6) is -1.15. The minimum absolute atomic E-state index is 0.230. The van der Waals surface area contributed by atoms with E-state index in [2.05, 4.69) is 6.92 Å². The second kappa shape index (κ2) is 13.1. The standard InChI is InChI=1S/C14H21NO2.C9H8O2/c1-4-5-6-11-17-14(16)12-7-9-13(10-8-12)15(2)3;10-9(11)7-6-8-4-2-1-3-5-8/h7-10H,4-6,11H2,1-3H3;1-7H,(H,10,11)/b;7-6+. The Bertz CT molecular complexity index is 737. The van der Waals surface area contributed by atoms with Crippen molar-refractivity contribution in [3.8, 4) is 0 Å². The van der Waals surface area contributed by atoms with E-state index < -0.39 is 5.97 Å². The molecule has 2 rings (SSSR count). The first kappa shape index (κ1) is 23.0. The number of anilines is 1. The highest BCUT2D eigenvalue weighted by Gasteiger charge is 2.06. The second-order valence-electron chi connectivity index (χ2n) is 6.37. The van der Waals surface area contributed by atoms with Gasteiger partial charge in [0.1, 0.15) is 0 Å². The quantitative estimate of drug-likeness (QED) is 0.400. The molecular formula is C23H29NO4. The fourth-order valence-electron chi connectivity index (χ4n) is 2.23. The minimum atomic E-state index is -0.922. The van der Waals surface area contributed by atoms with E-state index in [4.69, 9.17) is 9.84 Å². The van der Waals surface area contributed by atoms with Gasteiger partial charge in [-0.25, -0.2) is 9.59 Å². The number of rotatable bonds is 8. The number of hydrogen-bond acceptors (Lipinski definition) is 4. The molecule has 28 heavy (non-hydrogen) atoms. The highest BCUT2D eigenvalue weighted by Crippen LogP contribution is 2.13. The molecule has 0 aliphatic heterocycles. The van der Waals surface area contributed by atoms with Gasteiger partial charge in [-0.05, 0) is 42.3 Å². The van der Waals surface area contributed by atoms with Gasteiger partial charge < -0.3 is 14.7 Å². The van der Waals surface area contributed by atoms with Gasteiger partial charge in [0, 0.05) is 25.9 Å². The smallest absolute Gasteiger partial charge is 0.338 e. The molecule has 0 unspecified atom stereocenters. The Kier molecular flexibility index (Phi) is 10.8. The van der Waals surface area contributed by atoms with Crippen LogP contribution in [0.3, 0.4) is 0 Å². The molecule has 0 heterocycles. The van der Waals surface area contributed by atoms with Gasteiger partial charge in [-0.3, -0.25) is 0 Å². The molecule has 0 atom stereocenters. The Labute approximate surface area is 167 Å². The van der Waals surface area contributed by atoms with Gasteiger partial charge in [0.15, 0.2) is 0 Å². The van der Waals surface area contributed by atoms with Crippen molar-refractivity contribution in [3.05, 3.63) is 71.8 Å². The number of carboxylic acids is 1. The van der Waals surface area contributed by atoms with Crippen LogP contribution in [0.1, 0.15) is 42.1 Å². The van der Waals surface area contributed by atoms with E-state index in [9.17, 15) is 9.59 Å². The van der Waals surface area contributed by atoms with Gasteiger partial charge >= 0.3 is 11.9 Å². The molecule has 0 saturated heterocycles. The van der Waals surface area contributed by atoms with E-state index in [1.807, 2.05) is 61.5 Å². The van der Waals surface area contributed by atoms with Crippen molar-refractivity contribution in [1.82, 2.24) is 0 Å². The average Bonchev–Trinajstić information content (AvgIpc) is 2.71. The first-order valence-corrected chi connectivity index (χ1v) is 9.34. The van der Waals surface area contributed by atoms with Crippen molar-refractivity contribution in [3.63, 3.8) is 0 Å². The molecular weight excluding hydrogens is 354 g/mol. The van der Waals surface area contributed by atoms with Crippen LogP contribution in [-0.2, 0) is 9.53 Å². The zero-order valence-electron chi connectivity index (χ0n) is 16.8. The number of hydrogen-bond donors (Lipinski definition) is 1. The number of aliphatic carboxylic acids is 1. The van der Waals surface area contributed by atoms with Gasteiger partial charge in [0.25, 0.3) is 0 Å². The summed E-state index contributed by atoms with van der Waals surface area (Å²) in [6.45, 7) is 2.64. The molecule has 5 nitrogen and oxygen atoms in total. The predicted molar refractivity (Wildman–Crippen MR) is 114 cm³/mol. The maximum Gasteiger partial charge on any atom is 0.338 e. The lowest BCUT2D eigenvalue weighted by molar-refractivity contribution is -0.131. The van der Waals surface area contributed by atoms with Gasteiger partial charge in [0.2, 0.25) is 0 Å². The Hall–Kier alpha value is -3.08. The third-order valence-corrected chi connectivity index (χ3v) is 3.82. The number of nitrogens with zero attached hydrogens (tertiary/aromatic N) is 1. The molecule has 0 aliphatic rings. The molecule has 0 amide bonds. The summed E-state index contributed by atoms with van der Waals surface area (Å²) in [7, 11) is 3.94. The number of carboxylic acid groups (broad SMARTS) is 1. The molecule has 5 heteroatoms. The van der Waals surface area contributed by atoms with Crippen molar-refractivity contribution < 1.29 is 19.4 Å². The van der Waals surface area contributed by atoms with Crippen LogP contribution in [0, 0.1) is 0 Å². The Balaban J connectivity index is 0.000000307. The largest absolute Gasteiger partial charge is 0.478 e. The molecule has 0 fully saturated rings. The number of unbranched alkanes of at least 4 members (excludes halogenated alkanes) is 2. The molecule has 0 aliphatic carbocycles. The van der Waals surface area contributed by atoms with Crippen LogP contribution in [0.5, 0.6) is 0 Å². The fraction of sp³-hybridized carbons (Fsp3) is 0.304. The molecule has 2 aromatic carbocycles. The average molecular weight is 383 g/mol. The molecule has 0 spiro atoms. The van der Waals surface area contributed by atoms with Gasteiger partial charge in [0.05, 0.1) is 12.2 Å². The van der Waals surface area contributed by atoms with Crippen molar-refractivity contribution in [1.29, 1.82) is 0 Å². The maximum absolute atomic E-state index is 11.7. The molecule has 150 valence electrons. The molecule has 0 bridgehead atoms. The number of benzene rings is 2. The van der Waals surface area contributed by atoms with E-state index in [-0.39, 0.29) is 5.97 Å². The highest BCUT2D eigenvalue weighted by atomic mass is 16.5. The van der Waals surface area contributed by atoms with Crippen molar-refractivity contribution in [2.75, 3.05) is 25.6 Å². The number of esters is 1. The monoisotopic (exact) mass is 383 g/mol. The molecule has 1 N–H and O–H groups in total. The zero-order valence-corrected chi connectivity index (χ0v) is 16.8. The van der Waals surface area contributed by atoms with E-state index in [0.717, 1.165) is 36.6 Å². The Morgan fingerprint density at radius 3 is 2.18 bits per heavy atom. The van der Waals surface area contributed by atoms with Crippen molar-refractivity contribution in [2.24, 2.45) is 0 Å². The number of carbonyl (C=O) groups excluding carboxylic acids is 1. The van der Waals surface area contributed by atoms with E-state index in [0.29, 0.717) is 12.2 Å². The lowest BCUT2D eigenvalue weighted by atomic mass is 10.2. The molecule has 0 saturated carbocycles. The summed E-state index contributed by atoms with van der Waals surface area (Å²) in [4.78, 5) is 23.7. The third-order valence-electron chi connectivity index (χ3n) is 3.82. The lowest BCUT2D eigenvalue weighted by Crippen LogP contribution is -2.10. The van der Waals surface area contributed by atoms with Crippen molar-refractivity contribution >= 4 is 23.7 Å². The summed E-state index contributed by atoms with van der Waals surface area (Å²) >= 11 is 0. The van der Waals surface area contributed by atoms with Crippen LogP contribution in [-0.4, -0.2) is 37.7 Å². The van der Waals surface area contributed by atoms with Gasteiger partial charge in [-0.15, -0.1) is 0 Å².